The average Bonchev–Trinajstić information content (AvgIpc) is 2.32. The summed E-state index contributed by atoms with van der Waals surface area (Å²) in [5.41, 5.74) is 6.93. The molecule has 2 rings (SSSR count). The zero-order valence-corrected chi connectivity index (χ0v) is 6.65. The number of imidazole rings is 1. The number of rotatable bonds is 0. The molecule has 12 heavy (non-hydrogen) atoms. The van der Waals surface area contributed by atoms with Gasteiger partial charge in [-0.3, -0.25) is 4.40 Å². The van der Waals surface area contributed by atoms with Crippen molar-refractivity contribution in [3.05, 3.63) is 24.0 Å². The first-order valence-corrected chi connectivity index (χ1v) is 3.62. The summed E-state index contributed by atoms with van der Waals surface area (Å²) in [4.78, 5) is 4.00. The van der Waals surface area contributed by atoms with E-state index in [1.165, 1.54) is 0 Å². The Hall–Kier alpha value is -1.71. The fourth-order valence-corrected chi connectivity index (χ4v) is 1.19. The van der Waals surface area contributed by atoms with Gasteiger partial charge in [-0.15, -0.1) is 0 Å². The van der Waals surface area contributed by atoms with Crippen LogP contribution >= 0.6 is 0 Å². The van der Waals surface area contributed by atoms with Gasteiger partial charge in [0.2, 0.25) is 0 Å². The minimum absolute atomic E-state index is 0.150. The van der Waals surface area contributed by atoms with Crippen LogP contribution in [0, 0.1) is 6.92 Å². The maximum atomic E-state index is 9.37. The number of pyridine rings is 1. The first-order chi connectivity index (χ1) is 5.70. The molecule has 0 saturated carbocycles. The summed E-state index contributed by atoms with van der Waals surface area (Å²) in [5.74, 6) is 0.605. The molecule has 0 aliphatic carbocycles. The van der Waals surface area contributed by atoms with Crippen molar-refractivity contribution >= 4 is 11.5 Å². The summed E-state index contributed by atoms with van der Waals surface area (Å²) in [6.45, 7) is 1.86. The maximum absolute atomic E-state index is 9.37. The van der Waals surface area contributed by atoms with Crippen LogP contribution in [-0.2, 0) is 0 Å². The van der Waals surface area contributed by atoms with Gasteiger partial charge < -0.3 is 10.8 Å². The largest absolute Gasteiger partial charge is 0.504 e. The Bertz CT molecular complexity index is 433. The Morgan fingerprint density at radius 2 is 2.33 bits per heavy atom. The van der Waals surface area contributed by atoms with Gasteiger partial charge in [0.1, 0.15) is 5.82 Å². The molecule has 0 atom stereocenters. The highest BCUT2D eigenvalue weighted by atomic mass is 16.3. The van der Waals surface area contributed by atoms with Crippen LogP contribution in [0.3, 0.4) is 0 Å². The molecule has 0 spiro atoms. The Morgan fingerprint density at radius 1 is 1.58 bits per heavy atom. The van der Waals surface area contributed by atoms with Gasteiger partial charge in [-0.25, -0.2) is 4.98 Å². The quantitative estimate of drug-likeness (QED) is 0.607. The third-order valence-electron chi connectivity index (χ3n) is 1.90. The van der Waals surface area contributed by atoms with E-state index < -0.39 is 0 Å². The lowest BCUT2D eigenvalue weighted by Gasteiger charge is -1.96. The van der Waals surface area contributed by atoms with Crippen molar-refractivity contribution in [3.8, 4) is 5.75 Å². The van der Waals surface area contributed by atoms with Gasteiger partial charge in [-0.2, -0.15) is 0 Å². The molecular weight excluding hydrogens is 154 g/mol. The van der Waals surface area contributed by atoms with E-state index in [0.717, 1.165) is 5.69 Å². The second-order valence-electron chi connectivity index (χ2n) is 2.67. The van der Waals surface area contributed by atoms with Crippen molar-refractivity contribution in [2.24, 2.45) is 0 Å². The predicted octanol–water partition coefficient (Wildman–Crippen LogP) is 0.931. The molecule has 4 heteroatoms. The Labute approximate surface area is 69.3 Å². The minimum Gasteiger partial charge on any atom is -0.504 e. The predicted molar refractivity (Wildman–Crippen MR) is 46.0 cm³/mol. The number of fused-ring (bicyclic) bond motifs is 1. The summed E-state index contributed by atoms with van der Waals surface area (Å²) < 4.78 is 1.75. The highest BCUT2D eigenvalue weighted by Gasteiger charge is 2.06. The lowest BCUT2D eigenvalue weighted by atomic mass is 10.4. The lowest BCUT2D eigenvalue weighted by molar-refractivity contribution is 0.477. The molecule has 0 radical (unpaired) electrons. The molecule has 4 nitrogen and oxygen atoms in total. The van der Waals surface area contributed by atoms with Crippen molar-refractivity contribution in [1.82, 2.24) is 9.38 Å². The van der Waals surface area contributed by atoms with Crippen LogP contribution in [0.15, 0.2) is 18.3 Å². The number of anilines is 1. The number of nitrogens with two attached hydrogens (primary N) is 1. The fourth-order valence-electron chi connectivity index (χ4n) is 1.19. The van der Waals surface area contributed by atoms with Gasteiger partial charge in [0.15, 0.2) is 11.4 Å². The van der Waals surface area contributed by atoms with Crippen LogP contribution in [-0.4, -0.2) is 14.5 Å². The van der Waals surface area contributed by atoms with Crippen LogP contribution in [0.1, 0.15) is 5.69 Å². The number of aromatic hydroxyl groups is 1. The fraction of sp³-hybridized carbons (Fsp3) is 0.125. The Morgan fingerprint density at radius 3 is 3.00 bits per heavy atom. The van der Waals surface area contributed by atoms with Gasteiger partial charge >= 0.3 is 0 Å². The lowest BCUT2D eigenvalue weighted by Crippen LogP contribution is -1.88. The summed E-state index contributed by atoms with van der Waals surface area (Å²) in [6.07, 6.45) is 1.81. The molecule has 0 aromatic carbocycles. The zero-order valence-electron chi connectivity index (χ0n) is 6.65. The molecule has 0 amide bonds. The van der Waals surface area contributed by atoms with Crippen LogP contribution in [0.5, 0.6) is 5.75 Å². The average molecular weight is 163 g/mol. The number of nitrogens with zero attached hydrogens (tertiary/aromatic N) is 2. The second-order valence-corrected chi connectivity index (χ2v) is 2.67. The standard InChI is InChI=1S/C8H9N3O/c1-5-7(9)10-8-6(12)3-2-4-11(5)8/h2-4,12H,9H2,1H3. The molecule has 0 fully saturated rings. The van der Waals surface area contributed by atoms with E-state index >= 15 is 0 Å². The third kappa shape index (κ3) is 0.747. The van der Waals surface area contributed by atoms with Gasteiger partial charge in [-0.05, 0) is 19.1 Å². The van der Waals surface area contributed by atoms with Crippen molar-refractivity contribution in [1.29, 1.82) is 0 Å². The van der Waals surface area contributed by atoms with Crippen molar-refractivity contribution in [2.45, 2.75) is 6.92 Å². The Kier molecular flexibility index (Phi) is 1.24. The SMILES string of the molecule is Cc1c(N)nc2c(O)cccn12. The molecule has 2 aromatic heterocycles. The number of nitrogen functional groups attached to an aromatic ring is 1. The van der Waals surface area contributed by atoms with E-state index in [1.807, 2.05) is 13.1 Å². The number of hydrogen-bond acceptors (Lipinski definition) is 3. The van der Waals surface area contributed by atoms with Gasteiger partial charge in [-0.1, -0.05) is 0 Å². The van der Waals surface area contributed by atoms with E-state index in [-0.39, 0.29) is 5.75 Å². The maximum Gasteiger partial charge on any atom is 0.181 e. The molecule has 0 saturated heterocycles. The molecular formula is C8H9N3O. The molecule has 62 valence electrons. The molecule has 2 heterocycles. The van der Waals surface area contributed by atoms with E-state index in [4.69, 9.17) is 5.73 Å². The van der Waals surface area contributed by atoms with Gasteiger partial charge in [0.25, 0.3) is 0 Å². The number of aromatic nitrogens is 2. The summed E-state index contributed by atoms with van der Waals surface area (Å²) in [6, 6.07) is 3.33. The molecule has 0 unspecified atom stereocenters. The monoisotopic (exact) mass is 163 g/mol. The minimum atomic E-state index is 0.150. The van der Waals surface area contributed by atoms with Crippen molar-refractivity contribution in [3.63, 3.8) is 0 Å². The van der Waals surface area contributed by atoms with Crippen LogP contribution in [0.4, 0.5) is 5.82 Å². The summed E-state index contributed by atoms with van der Waals surface area (Å²) in [7, 11) is 0. The zero-order chi connectivity index (χ0) is 8.72. The molecule has 3 N–H and O–H groups in total. The van der Waals surface area contributed by atoms with Crippen LogP contribution in [0.25, 0.3) is 5.65 Å². The highest BCUT2D eigenvalue weighted by molar-refractivity contribution is 5.59. The van der Waals surface area contributed by atoms with Crippen molar-refractivity contribution in [2.75, 3.05) is 5.73 Å². The number of hydrogen-bond donors (Lipinski definition) is 2. The van der Waals surface area contributed by atoms with E-state index in [9.17, 15) is 5.11 Å². The number of aryl methyl sites for hydroxylation is 1. The smallest absolute Gasteiger partial charge is 0.181 e. The third-order valence-corrected chi connectivity index (χ3v) is 1.90. The van der Waals surface area contributed by atoms with Gasteiger partial charge in [0, 0.05) is 6.20 Å². The second kappa shape index (κ2) is 2.14. The molecule has 0 aliphatic heterocycles. The normalized spacial score (nSPS) is 10.8. The van der Waals surface area contributed by atoms with Crippen LogP contribution < -0.4 is 5.73 Å². The highest BCUT2D eigenvalue weighted by Crippen LogP contribution is 2.20. The first kappa shape index (κ1) is 6.97. The first-order valence-electron chi connectivity index (χ1n) is 3.62. The molecule has 0 aliphatic rings. The molecule has 0 bridgehead atoms. The van der Waals surface area contributed by atoms with Crippen LogP contribution in [0.2, 0.25) is 0 Å². The van der Waals surface area contributed by atoms with Gasteiger partial charge in [0.05, 0.1) is 5.69 Å². The van der Waals surface area contributed by atoms with E-state index in [0.29, 0.717) is 11.5 Å². The topological polar surface area (TPSA) is 63.5 Å². The summed E-state index contributed by atoms with van der Waals surface area (Å²) >= 11 is 0. The summed E-state index contributed by atoms with van der Waals surface area (Å²) in [5, 5.41) is 9.37. The van der Waals surface area contributed by atoms with Crippen molar-refractivity contribution < 1.29 is 5.11 Å². The Balaban J connectivity index is 2.95. The molecule has 2 aromatic rings. The van der Waals surface area contributed by atoms with E-state index in [2.05, 4.69) is 4.98 Å². The van der Waals surface area contributed by atoms with E-state index in [1.54, 1.807) is 16.5 Å².